The van der Waals surface area contributed by atoms with Crippen LogP contribution in [-0.2, 0) is 0 Å². The Hall–Kier alpha value is -0.500. The van der Waals surface area contributed by atoms with E-state index in [1.54, 1.807) is 17.4 Å². The van der Waals surface area contributed by atoms with E-state index in [0.29, 0.717) is 10.0 Å². The van der Waals surface area contributed by atoms with Crippen LogP contribution in [0.4, 0.5) is 0 Å². The molecule has 2 rings (SSSR count). The minimum absolute atomic E-state index is 0.673. The zero-order valence-corrected chi connectivity index (χ0v) is 9.88. The number of halogens is 2. The first-order valence-electron chi connectivity index (χ1n) is 4.18. The van der Waals surface area contributed by atoms with Gasteiger partial charge in [-0.1, -0.05) is 29.3 Å². The van der Waals surface area contributed by atoms with Gasteiger partial charge in [-0.15, -0.1) is 11.3 Å². The summed E-state index contributed by atoms with van der Waals surface area (Å²) in [6, 6.07) is 9.75. The number of hydrogen-bond acceptors (Lipinski definition) is 1. The highest BCUT2D eigenvalue weighted by Gasteiger charge is 2.05. The van der Waals surface area contributed by atoms with Crippen molar-refractivity contribution in [1.82, 2.24) is 0 Å². The van der Waals surface area contributed by atoms with Gasteiger partial charge in [-0.05, 0) is 31.2 Å². The van der Waals surface area contributed by atoms with Crippen LogP contribution in [0.15, 0.2) is 30.3 Å². The van der Waals surface area contributed by atoms with E-state index in [-0.39, 0.29) is 0 Å². The number of thiophene rings is 1. The Morgan fingerprint density at radius 1 is 1.07 bits per heavy atom. The molecule has 0 radical (unpaired) electrons. The summed E-state index contributed by atoms with van der Waals surface area (Å²) in [6.45, 7) is 2.08. The van der Waals surface area contributed by atoms with Crippen molar-refractivity contribution in [2.75, 3.05) is 0 Å². The molecule has 0 aliphatic heterocycles. The first kappa shape index (κ1) is 10.0. The largest absolute Gasteiger partial charge is 0.141 e. The lowest BCUT2D eigenvalue weighted by Gasteiger charge is -2.00. The minimum Gasteiger partial charge on any atom is -0.141 e. The highest BCUT2D eigenvalue weighted by Crippen LogP contribution is 2.34. The quantitative estimate of drug-likeness (QED) is 0.658. The Bertz CT molecular complexity index is 460. The standard InChI is InChI=1S/C11H8Cl2S/c1-7-2-5-11(14-7)9-4-3-8(12)6-10(9)13/h2-6H,1H3. The van der Waals surface area contributed by atoms with E-state index in [1.165, 1.54) is 9.75 Å². The zero-order chi connectivity index (χ0) is 10.1. The molecule has 0 atom stereocenters. The third kappa shape index (κ3) is 1.95. The summed E-state index contributed by atoms with van der Waals surface area (Å²) in [5.74, 6) is 0. The molecule has 3 heteroatoms. The topological polar surface area (TPSA) is 0 Å². The lowest BCUT2D eigenvalue weighted by atomic mass is 10.2. The molecule has 0 spiro atoms. The molecule has 1 heterocycles. The smallest absolute Gasteiger partial charge is 0.0507 e. The molecular formula is C11H8Cl2S. The van der Waals surface area contributed by atoms with Gasteiger partial charge in [-0.2, -0.15) is 0 Å². The molecular weight excluding hydrogens is 235 g/mol. The second kappa shape index (κ2) is 3.93. The van der Waals surface area contributed by atoms with Gasteiger partial charge < -0.3 is 0 Å². The van der Waals surface area contributed by atoms with E-state index in [4.69, 9.17) is 23.2 Å². The maximum atomic E-state index is 6.10. The molecule has 1 aromatic carbocycles. The zero-order valence-electron chi connectivity index (χ0n) is 7.55. The van der Waals surface area contributed by atoms with Gasteiger partial charge in [0, 0.05) is 20.3 Å². The molecule has 2 aromatic rings. The summed E-state index contributed by atoms with van der Waals surface area (Å²) in [7, 11) is 0. The molecule has 1 aromatic heterocycles. The highest BCUT2D eigenvalue weighted by molar-refractivity contribution is 7.15. The molecule has 0 saturated heterocycles. The van der Waals surface area contributed by atoms with Crippen molar-refractivity contribution in [3.05, 3.63) is 45.3 Å². The minimum atomic E-state index is 0.673. The van der Waals surface area contributed by atoms with Gasteiger partial charge in [0.25, 0.3) is 0 Å². The predicted molar refractivity (Wildman–Crippen MR) is 64.5 cm³/mol. The first-order valence-corrected chi connectivity index (χ1v) is 5.76. The van der Waals surface area contributed by atoms with Gasteiger partial charge in [0.2, 0.25) is 0 Å². The van der Waals surface area contributed by atoms with Crippen molar-refractivity contribution in [3.63, 3.8) is 0 Å². The highest BCUT2D eigenvalue weighted by atomic mass is 35.5. The summed E-state index contributed by atoms with van der Waals surface area (Å²) >= 11 is 13.7. The fraction of sp³-hybridized carbons (Fsp3) is 0.0909. The normalized spacial score (nSPS) is 10.5. The predicted octanol–water partition coefficient (Wildman–Crippen LogP) is 5.03. The van der Waals surface area contributed by atoms with Crippen molar-refractivity contribution in [2.24, 2.45) is 0 Å². The molecule has 0 nitrogen and oxygen atoms in total. The average Bonchev–Trinajstić information content (AvgIpc) is 2.51. The Labute approximate surface area is 97.1 Å². The molecule has 0 aliphatic rings. The second-order valence-corrected chi connectivity index (χ2v) is 5.17. The summed E-state index contributed by atoms with van der Waals surface area (Å²) in [5, 5.41) is 1.38. The molecule has 0 N–H and O–H groups in total. The third-order valence-electron chi connectivity index (χ3n) is 1.94. The Kier molecular flexibility index (Phi) is 2.82. The molecule has 0 amide bonds. The molecule has 0 bridgehead atoms. The fourth-order valence-electron chi connectivity index (χ4n) is 1.27. The Morgan fingerprint density at radius 3 is 2.43 bits per heavy atom. The number of aryl methyl sites for hydroxylation is 1. The summed E-state index contributed by atoms with van der Waals surface area (Å²) in [4.78, 5) is 2.47. The van der Waals surface area contributed by atoms with Crippen molar-refractivity contribution in [3.8, 4) is 10.4 Å². The van der Waals surface area contributed by atoms with Crippen LogP contribution in [0, 0.1) is 6.92 Å². The molecule has 0 aliphatic carbocycles. The van der Waals surface area contributed by atoms with Crippen LogP contribution in [-0.4, -0.2) is 0 Å². The lowest BCUT2D eigenvalue weighted by molar-refractivity contribution is 1.64. The van der Waals surface area contributed by atoms with Gasteiger partial charge in [0.15, 0.2) is 0 Å². The Balaban J connectivity index is 2.52. The van der Waals surface area contributed by atoms with E-state index in [1.807, 2.05) is 12.1 Å². The maximum Gasteiger partial charge on any atom is 0.0507 e. The van der Waals surface area contributed by atoms with E-state index in [0.717, 1.165) is 5.56 Å². The van der Waals surface area contributed by atoms with Crippen LogP contribution in [0.2, 0.25) is 10.0 Å². The SMILES string of the molecule is Cc1ccc(-c2ccc(Cl)cc2Cl)s1. The first-order chi connectivity index (χ1) is 6.66. The van der Waals surface area contributed by atoms with E-state index >= 15 is 0 Å². The van der Waals surface area contributed by atoms with Crippen LogP contribution < -0.4 is 0 Å². The number of hydrogen-bond donors (Lipinski definition) is 0. The van der Waals surface area contributed by atoms with Gasteiger partial charge >= 0.3 is 0 Å². The lowest BCUT2D eigenvalue weighted by Crippen LogP contribution is -1.74. The summed E-state index contributed by atoms with van der Waals surface area (Å²) < 4.78 is 0. The van der Waals surface area contributed by atoms with Crippen molar-refractivity contribution < 1.29 is 0 Å². The van der Waals surface area contributed by atoms with Gasteiger partial charge in [0.1, 0.15) is 0 Å². The molecule has 72 valence electrons. The third-order valence-corrected chi connectivity index (χ3v) is 3.52. The van der Waals surface area contributed by atoms with Crippen molar-refractivity contribution in [2.45, 2.75) is 6.92 Å². The molecule has 0 fully saturated rings. The average molecular weight is 243 g/mol. The van der Waals surface area contributed by atoms with Crippen LogP contribution in [0.1, 0.15) is 4.88 Å². The Morgan fingerprint density at radius 2 is 1.86 bits per heavy atom. The second-order valence-electron chi connectivity index (χ2n) is 3.03. The van der Waals surface area contributed by atoms with Gasteiger partial charge in [-0.25, -0.2) is 0 Å². The number of rotatable bonds is 1. The van der Waals surface area contributed by atoms with Crippen LogP contribution in [0.25, 0.3) is 10.4 Å². The van der Waals surface area contributed by atoms with Crippen LogP contribution in [0.5, 0.6) is 0 Å². The maximum absolute atomic E-state index is 6.10. The molecule has 14 heavy (non-hydrogen) atoms. The van der Waals surface area contributed by atoms with E-state index in [9.17, 15) is 0 Å². The molecule has 0 saturated carbocycles. The fourth-order valence-corrected chi connectivity index (χ4v) is 2.74. The van der Waals surface area contributed by atoms with Crippen molar-refractivity contribution in [1.29, 1.82) is 0 Å². The van der Waals surface area contributed by atoms with Crippen LogP contribution >= 0.6 is 34.5 Å². The van der Waals surface area contributed by atoms with Crippen LogP contribution in [0.3, 0.4) is 0 Å². The monoisotopic (exact) mass is 242 g/mol. The van der Waals surface area contributed by atoms with Crippen molar-refractivity contribution >= 4 is 34.5 Å². The summed E-state index contributed by atoms with van der Waals surface area (Å²) in [6.07, 6.45) is 0. The van der Waals surface area contributed by atoms with E-state index in [2.05, 4.69) is 19.1 Å². The van der Waals surface area contributed by atoms with Gasteiger partial charge in [-0.3, -0.25) is 0 Å². The van der Waals surface area contributed by atoms with Gasteiger partial charge in [0.05, 0.1) is 5.02 Å². The van der Waals surface area contributed by atoms with E-state index < -0.39 is 0 Å². The summed E-state index contributed by atoms with van der Waals surface area (Å²) in [5.41, 5.74) is 1.05. The molecule has 0 unspecified atom stereocenters. The number of benzene rings is 1.